The minimum Gasteiger partial charge on any atom is -0.339 e. The van der Waals surface area contributed by atoms with Crippen molar-refractivity contribution in [3.05, 3.63) is 65.3 Å². The molecule has 0 atom stereocenters. The van der Waals surface area contributed by atoms with Crippen LogP contribution in [-0.2, 0) is 0 Å². The molecule has 0 saturated carbocycles. The van der Waals surface area contributed by atoms with Gasteiger partial charge in [-0.1, -0.05) is 24.3 Å². The van der Waals surface area contributed by atoms with Crippen molar-refractivity contribution in [1.82, 2.24) is 10.1 Å². The summed E-state index contributed by atoms with van der Waals surface area (Å²) in [6.07, 6.45) is 3.24. The summed E-state index contributed by atoms with van der Waals surface area (Å²) in [4.78, 5) is 14.1. The maximum Gasteiger partial charge on any atom is 0.357 e. The van der Waals surface area contributed by atoms with Crippen molar-refractivity contribution >= 4 is 10.9 Å². The first-order valence-corrected chi connectivity index (χ1v) is 4.79. The summed E-state index contributed by atoms with van der Waals surface area (Å²) in [5.74, 6) is 0. The van der Waals surface area contributed by atoms with Crippen LogP contribution in [0.5, 0.6) is 0 Å². The number of nitrogens with zero attached hydrogens (tertiary/aromatic N) is 1. The molecule has 0 saturated heterocycles. The van der Waals surface area contributed by atoms with Crippen LogP contribution in [0.1, 0.15) is 0 Å². The molecule has 0 aliphatic heterocycles. The van der Waals surface area contributed by atoms with Crippen molar-refractivity contribution in [3.63, 3.8) is 0 Å². The predicted octanol–water partition coefficient (Wildman–Crippen LogP) is 2.20. The number of para-hydroxylation sites is 1. The van der Waals surface area contributed by atoms with E-state index >= 15 is 0 Å². The fraction of sp³-hybridized carbons (Fsp3) is 0. The van der Waals surface area contributed by atoms with Crippen LogP contribution in [0.15, 0.2) is 64.2 Å². The second-order valence-corrected chi connectivity index (χ2v) is 3.07. The average Bonchev–Trinajstić information content (AvgIpc) is 2.81. The van der Waals surface area contributed by atoms with Gasteiger partial charge in [-0.25, -0.2) is 9.95 Å². The monoisotopic (exact) mass is 214 g/mol. The molecule has 16 heavy (non-hydrogen) atoms. The van der Waals surface area contributed by atoms with Gasteiger partial charge in [0.2, 0.25) is 0 Å². The van der Waals surface area contributed by atoms with Crippen molar-refractivity contribution in [2.45, 2.75) is 0 Å². The Morgan fingerprint density at radius 1 is 1.06 bits per heavy atom. The Morgan fingerprint density at radius 3 is 2.50 bits per heavy atom. The van der Waals surface area contributed by atoms with Crippen LogP contribution in [0.25, 0.3) is 10.9 Å². The zero-order valence-electron chi connectivity index (χ0n) is 8.46. The molecule has 2 heterocycles. The highest BCUT2D eigenvalue weighted by atomic mass is 16.5. The number of H-pyrrole nitrogens is 1. The number of aromatic nitrogens is 2. The largest absolute Gasteiger partial charge is 0.357 e. The molecular formula is C12H10N2O2. The fourth-order valence-corrected chi connectivity index (χ4v) is 1.24. The van der Waals surface area contributed by atoms with Crippen LogP contribution in [0.2, 0.25) is 0 Å². The molecule has 1 N–H and O–H groups in total. The van der Waals surface area contributed by atoms with Crippen molar-refractivity contribution in [2.75, 3.05) is 0 Å². The van der Waals surface area contributed by atoms with E-state index in [0.717, 1.165) is 5.52 Å². The van der Waals surface area contributed by atoms with E-state index in [0.29, 0.717) is 0 Å². The molecular weight excluding hydrogens is 204 g/mol. The molecule has 0 unspecified atom stereocenters. The fourth-order valence-electron chi connectivity index (χ4n) is 1.24. The summed E-state index contributed by atoms with van der Waals surface area (Å²) in [7, 11) is 0. The van der Waals surface area contributed by atoms with E-state index in [2.05, 4.69) is 26.8 Å². The Balaban J connectivity index is 0.000000138. The second kappa shape index (κ2) is 4.93. The molecule has 3 aromatic rings. The topological polar surface area (TPSA) is 58.9 Å². The van der Waals surface area contributed by atoms with Crippen LogP contribution in [0.4, 0.5) is 0 Å². The van der Waals surface area contributed by atoms with Crippen LogP contribution in [0.3, 0.4) is 0 Å². The van der Waals surface area contributed by atoms with Crippen LogP contribution >= 0.6 is 0 Å². The van der Waals surface area contributed by atoms with Crippen molar-refractivity contribution < 1.29 is 4.52 Å². The zero-order chi connectivity index (χ0) is 11.2. The molecule has 0 spiro atoms. The summed E-state index contributed by atoms with van der Waals surface area (Å²) in [5, 5.41) is 3.44. The summed E-state index contributed by atoms with van der Waals surface area (Å²) in [6, 6.07) is 13.4. The highest BCUT2D eigenvalue weighted by molar-refractivity contribution is 5.77. The minimum absolute atomic E-state index is 0.338. The first-order valence-electron chi connectivity index (χ1n) is 4.79. The van der Waals surface area contributed by atoms with Gasteiger partial charge >= 0.3 is 5.63 Å². The van der Waals surface area contributed by atoms with Gasteiger partial charge in [0.05, 0.1) is 5.52 Å². The third kappa shape index (κ3) is 2.57. The van der Waals surface area contributed by atoms with Crippen LogP contribution in [0, 0.1) is 0 Å². The number of hydrogen-bond donors (Lipinski definition) is 1. The van der Waals surface area contributed by atoms with Crippen LogP contribution < -0.4 is 5.63 Å². The molecule has 80 valence electrons. The van der Waals surface area contributed by atoms with Crippen molar-refractivity contribution in [3.8, 4) is 0 Å². The third-order valence-electron chi connectivity index (χ3n) is 1.96. The number of aromatic amines is 1. The van der Waals surface area contributed by atoms with Crippen molar-refractivity contribution in [1.29, 1.82) is 0 Å². The van der Waals surface area contributed by atoms with E-state index in [-0.39, 0.29) is 5.63 Å². The molecule has 0 aliphatic carbocycles. The van der Waals surface area contributed by atoms with E-state index in [4.69, 9.17) is 0 Å². The lowest BCUT2D eigenvalue weighted by Gasteiger charge is -1.91. The van der Waals surface area contributed by atoms with Gasteiger partial charge in [-0.2, -0.15) is 0 Å². The predicted molar refractivity (Wildman–Crippen MR) is 61.1 cm³/mol. The molecule has 3 rings (SSSR count). The molecule has 0 radical (unpaired) electrons. The Bertz CT molecular complexity index is 531. The third-order valence-corrected chi connectivity index (χ3v) is 1.96. The molecule has 0 amide bonds. The average molecular weight is 214 g/mol. The Kier molecular flexibility index (Phi) is 3.13. The molecule has 0 fully saturated rings. The number of pyridine rings is 1. The number of nitrogens with one attached hydrogen (secondary N) is 1. The quantitative estimate of drug-likeness (QED) is 0.624. The van der Waals surface area contributed by atoms with E-state index < -0.39 is 0 Å². The number of rotatable bonds is 0. The van der Waals surface area contributed by atoms with E-state index in [1.54, 1.807) is 0 Å². The van der Waals surface area contributed by atoms with Crippen molar-refractivity contribution in [2.24, 2.45) is 0 Å². The Labute approximate surface area is 91.5 Å². The lowest BCUT2D eigenvalue weighted by molar-refractivity contribution is 0.391. The maximum absolute atomic E-state index is 9.87. The highest BCUT2D eigenvalue weighted by Crippen LogP contribution is 2.07. The van der Waals surface area contributed by atoms with Gasteiger partial charge in [-0.3, -0.25) is 4.98 Å². The lowest BCUT2D eigenvalue weighted by atomic mass is 10.2. The van der Waals surface area contributed by atoms with Gasteiger partial charge in [0.1, 0.15) is 0 Å². The van der Waals surface area contributed by atoms with E-state index in [1.165, 1.54) is 17.6 Å². The molecule has 0 bridgehead atoms. The number of hydrogen-bond acceptors (Lipinski definition) is 3. The summed E-state index contributed by atoms with van der Waals surface area (Å²) in [5.41, 5.74) is 0.722. The normalized spacial score (nSPS) is 9.50. The van der Waals surface area contributed by atoms with Gasteiger partial charge in [0.25, 0.3) is 0 Å². The molecule has 1 aromatic carbocycles. The van der Waals surface area contributed by atoms with E-state index in [1.807, 2.05) is 30.5 Å². The molecule has 0 aliphatic rings. The Hall–Kier alpha value is -2.36. The van der Waals surface area contributed by atoms with E-state index in [9.17, 15) is 4.79 Å². The van der Waals surface area contributed by atoms with Gasteiger partial charge in [0, 0.05) is 23.8 Å². The molecule has 2 aromatic heterocycles. The van der Waals surface area contributed by atoms with Gasteiger partial charge in [0.15, 0.2) is 0 Å². The smallest absolute Gasteiger partial charge is 0.339 e. The lowest BCUT2D eigenvalue weighted by Crippen LogP contribution is -1.84. The van der Waals surface area contributed by atoms with Gasteiger partial charge < -0.3 is 4.52 Å². The minimum atomic E-state index is -0.338. The maximum atomic E-state index is 9.87. The standard InChI is InChI=1S/C9H7N.C3H3NO2/c1-2-6-9-8(4-1)5-3-7-10-9;5-3-1-2-4-6-3/h1-7H;1-2,4H. The van der Waals surface area contributed by atoms with Crippen LogP contribution in [-0.4, -0.2) is 10.1 Å². The SMILES string of the molecule is O=c1cc[nH]o1.c1ccc2ncccc2c1. The molecule has 4 heteroatoms. The first kappa shape index (κ1) is 10.2. The number of benzene rings is 1. The summed E-state index contributed by atoms with van der Waals surface area (Å²) < 4.78 is 4.15. The Morgan fingerprint density at radius 2 is 1.88 bits per heavy atom. The van der Waals surface area contributed by atoms with Gasteiger partial charge in [-0.05, 0) is 12.1 Å². The van der Waals surface area contributed by atoms with Gasteiger partial charge in [-0.15, -0.1) is 0 Å². The first-order chi connectivity index (χ1) is 7.86. The summed E-state index contributed by atoms with van der Waals surface area (Å²) >= 11 is 0. The zero-order valence-corrected chi connectivity index (χ0v) is 8.46. The second-order valence-electron chi connectivity index (χ2n) is 3.07. The summed E-state index contributed by atoms with van der Waals surface area (Å²) in [6.45, 7) is 0. The molecule has 4 nitrogen and oxygen atoms in total. The highest BCUT2D eigenvalue weighted by Gasteiger charge is 1.86. The number of fused-ring (bicyclic) bond motifs is 1.